The van der Waals surface area contributed by atoms with Crippen LogP contribution >= 0.6 is 0 Å². The maximum absolute atomic E-state index is 12.8. The molecule has 2 atom stereocenters. The van der Waals surface area contributed by atoms with Crippen molar-refractivity contribution in [2.24, 2.45) is 5.92 Å². The Morgan fingerprint density at radius 1 is 1.10 bits per heavy atom. The van der Waals surface area contributed by atoms with Crippen LogP contribution in [0.1, 0.15) is 41.9 Å². The number of hydrogen-bond donors (Lipinski definition) is 2. The SMILES string of the molecule is O=C(Cc1ccccc1)N1CCc2cc(C3CC3NCC3CCNCC3)ccc21. The van der Waals surface area contributed by atoms with E-state index in [1.165, 1.54) is 43.5 Å². The smallest absolute Gasteiger partial charge is 0.231 e. The lowest BCUT2D eigenvalue weighted by molar-refractivity contribution is -0.117. The largest absolute Gasteiger partial charge is 0.317 e. The van der Waals surface area contributed by atoms with Crippen molar-refractivity contribution in [3.63, 3.8) is 0 Å². The maximum atomic E-state index is 12.8. The average Bonchev–Trinajstić information content (AvgIpc) is 3.42. The van der Waals surface area contributed by atoms with Crippen LogP contribution < -0.4 is 15.5 Å². The van der Waals surface area contributed by atoms with Crippen molar-refractivity contribution in [1.29, 1.82) is 0 Å². The highest BCUT2D eigenvalue weighted by atomic mass is 16.2. The molecule has 5 rings (SSSR count). The van der Waals surface area contributed by atoms with E-state index in [4.69, 9.17) is 0 Å². The molecule has 2 fully saturated rings. The van der Waals surface area contributed by atoms with Gasteiger partial charge in [0.05, 0.1) is 6.42 Å². The number of nitrogens with zero attached hydrogens (tertiary/aromatic N) is 1. The molecule has 2 unspecified atom stereocenters. The van der Waals surface area contributed by atoms with Gasteiger partial charge in [-0.3, -0.25) is 4.79 Å². The lowest BCUT2D eigenvalue weighted by Crippen LogP contribution is -2.34. The molecule has 2 aromatic rings. The van der Waals surface area contributed by atoms with E-state index in [1.807, 2.05) is 35.2 Å². The monoisotopic (exact) mass is 389 g/mol. The van der Waals surface area contributed by atoms with Gasteiger partial charge in [-0.05, 0) is 74.0 Å². The molecule has 1 amide bonds. The Morgan fingerprint density at radius 2 is 1.93 bits per heavy atom. The molecule has 2 aromatic carbocycles. The Hall–Kier alpha value is -2.17. The van der Waals surface area contributed by atoms with E-state index in [9.17, 15) is 4.79 Å². The van der Waals surface area contributed by atoms with E-state index in [0.29, 0.717) is 18.4 Å². The number of piperidine rings is 1. The molecule has 1 aliphatic carbocycles. The molecule has 0 bridgehead atoms. The normalized spacial score (nSPS) is 23.8. The molecule has 29 heavy (non-hydrogen) atoms. The summed E-state index contributed by atoms with van der Waals surface area (Å²) < 4.78 is 0. The first-order chi connectivity index (χ1) is 14.3. The predicted molar refractivity (Wildman–Crippen MR) is 117 cm³/mol. The zero-order valence-corrected chi connectivity index (χ0v) is 17.1. The summed E-state index contributed by atoms with van der Waals surface area (Å²) >= 11 is 0. The first kappa shape index (κ1) is 18.8. The Labute approximate surface area is 173 Å². The molecule has 3 aliphatic rings. The van der Waals surface area contributed by atoms with Crippen LogP contribution in [-0.4, -0.2) is 38.1 Å². The van der Waals surface area contributed by atoms with Gasteiger partial charge >= 0.3 is 0 Å². The van der Waals surface area contributed by atoms with Crippen molar-refractivity contribution in [3.05, 3.63) is 65.2 Å². The van der Waals surface area contributed by atoms with Crippen LogP contribution in [0.15, 0.2) is 48.5 Å². The van der Waals surface area contributed by atoms with Gasteiger partial charge in [-0.25, -0.2) is 0 Å². The Bertz CT molecular complexity index is 860. The number of carbonyl (C=O) groups excluding carboxylic acids is 1. The first-order valence-corrected chi connectivity index (χ1v) is 11.2. The van der Waals surface area contributed by atoms with Crippen LogP contribution in [0.5, 0.6) is 0 Å². The predicted octanol–water partition coefficient (Wildman–Crippen LogP) is 3.26. The molecule has 1 saturated carbocycles. The summed E-state index contributed by atoms with van der Waals surface area (Å²) in [5, 5.41) is 7.25. The van der Waals surface area contributed by atoms with E-state index < -0.39 is 0 Å². The highest BCUT2D eigenvalue weighted by Crippen LogP contribution is 2.43. The van der Waals surface area contributed by atoms with Gasteiger partial charge in [0.2, 0.25) is 5.91 Å². The molecule has 152 valence electrons. The van der Waals surface area contributed by atoms with Gasteiger partial charge in [0.25, 0.3) is 0 Å². The zero-order chi connectivity index (χ0) is 19.6. The van der Waals surface area contributed by atoms with Crippen LogP contribution in [0.25, 0.3) is 0 Å². The third-order valence-electron chi connectivity index (χ3n) is 6.84. The van der Waals surface area contributed by atoms with E-state index in [1.54, 1.807) is 0 Å². The minimum atomic E-state index is 0.204. The van der Waals surface area contributed by atoms with Crippen LogP contribution in [0.4, 0.5) is 5.69 Å². The van der Waals surface area contributed by atoms with Crippen LogP contribution in [0.3, 0.4) is 0 Å². The fourth-order valence-electron chi connectivity index (χ4n) is 4.97. The lowest BCUT2D eigenvalue weighted by Gasteiger charge is -2.23. The summed E-state index contributed by atoms with van der Waals surface area (Å²) in [6.45, 7) is 4.32. The van der Waals surface area contributed by atoms with Crippen LogP contribution in [-0.2, 0) is 17.6 Å². The third-order valence-corrected chi connectivity index (χ3v) is 6.84. The minimum Gasteiger partial charge on any atom is -0.317 e. The van der Waals surface area contributed by atoms with Crippen molar-refractivity contribution in [2.45, 2.75) is 44.1 Å². The highest BCUT2D eigenvalue weighted by Gasteiger charge is 2.39. The van der Waals surface area contributed by atoms with Gasteiger partial charge in [-0.1, -0.05) is 42.5 Å². The van der Waals surface area contributed by atoms with Gasteiger partial charge in [0.1, 0.15) is 0 Å². The molecule has 2 heterocycles. The maximum Gasteiger partial charge on any atom is 0.231 e. The number of benzene rings is 2. The molecular formula is C25H31N3O. The highest BCUT2D eigenvalue weighted by molar-refractivity contribution is 5.96. The lowest BCUT2D eigenvalue weighted by atomic mass is 9.98. The van der Waals surface area contributed by atoms with Crippen LogP contribution in [0, 0.1) is 5.92 Å². The molecule has 0 aromatic heterocycles. The molecule has 1 saturated heterocycles. The van der Waals surface area contributed by atoms with Gasteiger partial charge < -0.3 is 15.5 Å². The third kappa shape index (κ3) is 4.24. The second kappa shape index (κ2) is 8.29. The summed E-state index contributed by atoms with van der Waals surface area (Å²) in [5.74, 6) is 1.69. The molecular weight excluding hydrogens is 358 g/mol. The number of hydrogen-bond acceptors (Lipinski definition) is 3. The van der Waals surface area contributed by atoms with Crippen molar-refractivity contribution in [3.8, 4) is 0 Å². The summed E-state index contributed by atoms with van der Waals surface area (Å²) in [6, 6.07) is 17.5. The summed E-state index contributed by atoms with van der Waals surface area (Å²) in [7, 11) is 0. The number of rotatable bonds is 6. The first-order valence-electron chi connectivity index (χ1n) is 11.2. The van der Waals surface area contributed by atoms with Crippen molar-refractivity contribution >= 4 is 11.6 Å². The summed E-state index contributed by atoms with van der Waals surface area (Å²) in [4.78, 5) is 14.8. The topological polar surface area (TPSA) is 44.4 Å². The van der Waals surface area contributed by atoms with Crippen LogP contribution in [0.2, 0.25) is 0 Å². The minimum absolute atomic E-state index is 0.204. The van der Waals surface area contributed by atoms with Crippen molar-refractivity contribution in [2.75, 3.05) is 31.1 Å². The molecule has 4 nitrogen and oxygen atoms in total. The second-order valence-electron chi connectivity index (χ2n) is 8.90. The van der Waals surface area contributed by atoms with Gasteiger partial charge in [0, 0.05) is 24.2 Å². The number of anilines is 1. The van der Waals surface area contributed by atoms with Gasteiger partial charge in [-0.15, -0.1) is 0 Å². The average molecular weight is 390 g/mol. The molecule has 0 spiro atoms. The zero-order valence-electron chi connectivity index (χ0n) is 17.1. The molecule has 0 radical (unpaired) electrons. The fourth-order valence-corrected chi connectivity index (χ4v) is 4.97. The number of nitrogens with one attached hydrogen (secondary N) is 2. The van der Waals surface area contributed by atoms with E-state index in [-0.39, 0.29) is 5.91 Å². The number of amides is 1. The van der Waals surface area contributed by atoms with Crippen molar-refractivity contribution < 1.29 is 4.79 Å². The quantitative estimate of drug-likeness (QED) is 0.797. The standard InChI is InChI=1S/C25H31N3O/c29-25(14-18-4-2-1-3-5-18)28-13-10-21-15-20(6-7-24(21)28)22-16-23(22)27-17-19-8-11-26-12-9-19/h1-7,15,19,22-23,26-27H,8-14,16-17H2. The molecule has 4 heteroatoms. The summed E-state index contributed by atoms with van der Waals surface area (Å²) in [5.41, 5.74) is 4.99. The Balaban J connectivity index is 1.18. The molecule has 2 aliphatic heterocycles. The van der Waals surface area contributed by atoms with E-state index in [0.717, 1.165) is 36.7 Å². The Morgan fingerprint density at radius 3 is 2.76 bits per heavy atom. The summed E-state index contributed by atoms with van der Waals surface area (Å²) in [6.07, 6.45) is 5.31. The Kier molecular flexibility index (Phi) is 5.38. The van der Waals surface area contributed by atoms with Crippen molar-refractivity contribution in [1.82, 2.24) is 10.6 Å². The molecule has 2 N–H and O–H groups in total. The van der Waals surface area contributed by atoms with E-state index >= 15 is 0 Å². The fraction of sp³-hybridized carbons (Fsp3) is 0.480. The second-order valence-corrected chi connectivity index (χ2v) is 8.90. The number of fused-ring (bicyclic) bond motifs is 1. The van der Waals surface area contributed by atoms with Gasteiger partial charge in [0.15, 0.2) is 0 Å². The van der Waals surface area contributed by atoms with E-state index in [2.05, 4.69) is 28.8 Å². The van der Waals surface area contributed by atoms with Gasteiger partial charge in [-0.2, -0.15) is 0 Å². The number of carbonyl (C=O) groups is 1.